The Kier molecular flexibility index (Phi) is 3.40. The molecule has 1 fully saturated rings. The van der Waals surface area contributed by atoms with E-state index in [0.29, 0.717) is 0 Å². The van der Waals surface area contributed by atoms with Gasteiger partial charge in [-0.15, -0.1) is 0 Å². The molecule has 1 amide bonds. The molecule has 1 aliphatic carbocycles. The van der Waals surface area contributed by atoms with Crippen LogP contribution in [0.2, 0.25) is 0 Å². The maximum atomic E-state index is 12.1. The Balaban J connectivity index is 2.01. The molecule has 2 rings (SSSR count). The predicted octanol–water partition coefficient (Wildman–Crippen LogP) is 3.16. The Hall–Kier alpha value is -1.04. The molecule has 1 aliphatic rings. The third-order valence-electron chi connectivity index (χ3n) is 3.15. The molecule has 0 bridgehead atoms. The summed E-state index contributed by atoms with van der Waals surface area (Å²) in [5.74, 6) is -1.87. The van der Waals surface area contributed by atoms with E-state index < -0.39 is 12.1 Å². The maximum Gasteiger partial charge on any atom is 0.471 e. The van der Waals surface area contributed by atoms with E-state index in [1.807, 2.05) is 29.6 Å². The Labute approximate surface area is 111 Å². The number of nitrogens with one attached hydrogen (secondary N) is 1. The normalized spacial score (nSPS) is 17.3. The van der Waals surface area contributed by atoms with Gasteiger partial charge >= 0.3 is 12.1 Å². The molecule has 2 nitrogen and oxygen atoms in total. The van der Waals surface area contributed by atoms with E-state index in [1.165, 1.54) is 0 Å². The van der Waals surface area contributed by atoms with Crippen LogP contribution >= 0.6 is 15.9 Å². The molecule has 1 N–H and O–H groups in total. The number of rotatable bonds is 3. The summed E-state index contributed by atoms with van der Waals surface area (Å²) in [6, 6.07) is 7.44. The second-order valence-corrected chi connectivity index (χ2v) is 5.38. The zero-order chi connectivity index (χ0) is 13.4. The van der Waals surface area contributed by atoms with Crippen molar-refractivity contribution in [3.63, 3.8) is 0 Å². The zero-order valence-corrected chi connectivity index (χ0v) is 10.9. The van der Waals surface area contributed by atoms with Crippen molar-refractivity contribution in [3.8, 4) is 0 Å². The van der Waals surface area contributed by atoms with Crippen molar-refractivity contribution in [2.75, 3.05) is 6.54 Å². The smallest absolute Gasteiger partial charge is 0.347 e. The van der Waals surface area contributed by atoms with Gasteiger partial charge in [0.05, 0.1) is 0 Å². The van der Waals surface area contributed by atoms with Gasteiger partial charge < -0.3 is 5.32 Å². The minimum absolute atomic E-state index is 0.0347. The van der Waals surface area contributed by atoms with E-state index in [1.54, 1.807) is 0 Å². The van der Waals surface area contributed by atoms with Crippen molar-refractivity contribution in [3.05, 3.63) is 34.3 Å². The van der Waals surface area contributed by atoms with Gasteiger partial charge in [0.25, 0.3) is 0 Å². The number of hydrogen-bond acceptors (Lipinski definition) is 1. The highest BCUT2D eigenvalue weighted by Gasteiger charge is 2.46. The molecular weight excluding hydrogens is 311 g/mol. The molecule has 0 unspecified atom stereocenters. The second kappa shape index (κ2) is 4.57. The number of alkyl halides is 3. The molecule has 98 valence electrons. The molecule has 0 saturated heterocycles. The standard InChI is InChI=1S/C12H11BrF3NO/c13-9-3-1-8(2-4-9)11(5-6-11)7-17-10(18)12(14,15)16/h1-4H,5-7H2,(H,17,18). The van der Waals surface area contributed by atoms with Crippen molar-refractivity contribution in [1.82, 2.24) is 5.32 Å². The summed E-state index contributed by atoms with van der Waals surface area (Å²) in [5.41, 5.74) is 0.648. The Morgan fingerprint density at radius 1 is 1.28 bits per heavy atom. The highest BCUT2D eigenvalue weighted by Crippen LogP contribution is 2.47. The molecule has 0 radical (unpaired) electrons. The van der Waals surface area contributed by atoms with E-state index in [0.717, 1.165) is 22.9 Å². The minimum Gasteiger partial charge on any atom is -0.347 e. The summed E-state index contributed by atoms with van der Waals surface area (Å²) in [6.45, 7) is 0.0347. The fourth-order valence-electron chi connectivity index (χ4n) is 1.87. The Morgan fingerprint density at radius 3 is 2.28 bits per heavy atom. The van der Waals surface area contributed by atoms with Gasteiger partial charge in [0.1, 0.15) is 0 Å². The van der Waals surface area contributed by atoms with E-state index in [4.69, 9.17) is 0 Å². The molecule has 1 aromatic rings. The summed E-state index contributed by atoms with van der Waals surface area (Å²) in [5, 5.41) is 1.96. The summed E-state index contributed by atoms with van der Waals surface area (Å²) in [4.78, 5) is 10.8. The fourth-order valence-corrected chi connectivity index (χ4v) is 2.14. The predicted molar refractivity (Wildman–Crippen MR) is 64.1 cm³/mol. The topological polar surface area (TPSA) is 29.1 Å². The lowest BCUT2D eigenvalue weighted by molar-refractivity contribution is -0.173. The largest absolute Gasteiger partial charge is 0.471 e. The van der Waals surface area contributed by atoms with Gasteiger partial charge in [-0.1, -0.05) is 28.1 Å². The van der Waals surface area contributed by atoms with Crippen LogP contribution < -0.4 is 5.32 Å². The van der Waals surface area contributed by atoms with Crippen LogP contribution in [0.4, 0.5) is 13.2 Å². The van der Waals surface area contributed by atoms with Crippen molar-refractivity contribution in [2.45, 2.75) is 24.4 Å². The van der Waals surface area contributed by atoms with Crippen molar-refractivity contribution >= 4 is 21.8 Å². The maximum absolute atomic E-state index is 12.1. The number of carbonyl (C=O) groups excluding carboxylic acids is 1. The van der Waals surface area contributed by atoms with Crippen molar-refractivity contribution < 1.29 is 18.0 Å². The molecule has 6 heteroatoms. The third-order valence-corrected chi connectivity index (χ3v) is 3.68. The van der Waals surface area contributed by atoms with Crippen LogP contribution in [0, 0.1) is 0 Å². The Morgan fingerprint density at radius 2 is 1.83 bits per heavy atom. The summed E-state index contributed by atoms with van der Waals surface area (Å²) < 4.78 is 37.2. The third kappa shape index (κ3) is 2.85. The molecule has 1 saturated carbocycles. The molecule has 0 spiro atoms. The van der Waals surface area contributed by atoms with Gasteiger partial charge in [-0.3, -0.25) is 4.79 Å². The number of halogens is 4. The summed E-state index contributed by atoms with van der Waals surface area (Å²) in [7, 11) is 0. The summed E-state index contributed by atoms with van der Waals surface area (Å²) >= 11 is 3.30. The van der Waals surface area contributed by atoms with Crippen LogP contribution in [0.1, 0.15) is 18.4 Å². The quantitative estimate of drug-likeness (QED) is 0.910. The van der Waals surface area contributed by atoms with Crippen LogP contribution in [-0.4, -0.2) is 18.6 Å². The molecular formula is C12H11BrF3NO. The number of amides is 1. The summed E-state index contributed by atoms with van der Waals surface area (Å²) in [6.07, 6.45) is -3.21. The molecule has 18 heavy (non-hydrogen) atoms. The van der Waals surface area contributed by atoms with Crippen LogP contribution in [-0.2, 0) is 10.2 Å². The molecule has 0 aromatic heterocycles. The fraction of sp³-hybridized carbons (Fsp3) is 0.417. The van der Waals surface area contributed by atoms with Crippen molar-refractivity contribution in [2.24, 2.45) is 0 Å². The first kappa shape index (κ1) is 13.4. The lowest BCUT2D eigenvalue weighted by Crippen LogP contribution is -2.40. The average Bonchev–Trinajstić information content (AvgIpc) is 3.06. The van der Waals surface area contributed by atoms with Gasteiger partial charge in [0.15, 0.2) is 0 Å². The van der Waals surface area contributed by atoms with Crippen LogP contribution in [0.25, 0.3) is 0 Å². The van der Waals surface area contributed by atoms with E-state index in [9.17, 15) is 18.0 Å². The average molecular weight is 322 g/mol. The van der Waals surface area contributed by atoms with E-state index >= 15 is 0 Å². The lowest BCUT2D eigenvalue weighted by Gasteiger charge is -2.17. The van der Waals surface area contributed by atoms with Gasteiger partial charge in [-0.2, -0.15) is 13.2 Å². The van der Waals surface area contributed by atoms with Gasteiger partial charge in [-0.05, 0) is 30.5 Å². The lowest BCUT2D eigenvalue weighted by atomic mass is 9.96. The van der Waals surface area contributed by atoms with Crippen LogP contribution in [0.15, 0.2) is 28.7 Å². The zero-order valence-electron chi connectivity index (χ0n) is 9.35. The number of hydrogen-bond donors (Lipinski definition) is 1. The SMILES string of the molecule is O=C(NCC1(c2ccc(Br)cc2)CC1)C(F)(F)F. The molecule has 1 aromatic carbocycles. The van der Waals surface area contributed by atoms with Crippen LogP contribution in [0.5, 0.6) is 0 Å². The first-order chi connectivity index (χ1) is 8.33. The Bertz CT molecular complexity index is 451. The van der Waals surface area contributed by atoms with E-state index in [2.05, 4.69) is 15.9 Å². The first-order valence-electron chi connectivity index (χ1n) is 5.45. The van der Waals surface area contributed by atoms with Crippen molar-refractivity contribution in [1.29, 1.82) is 0 Å². The van der Waals surface area contributed by atoms with E-state index in [-0.39, 0.29) is 12.0 Å². The minimum atomic E-state index is -4.81. The molecule has 0 aliphatic heterocycles. The second-order valence-electron chi connectivity index (χ2n) is 4.47. The van der Waals surface area contributed by atoms with Gasteiger partial charge in [0.2, 0.25) is 0 Å². The number of benzene rings is 1. The molecule has 0 heterocycles. The van der Waals surface area contributed by atoms with Gasteiger partial charge in [0, 0.05) is 16.4 Å². The first-order valence-corrected chi connectivity index (χ1v) is 6.24. The van der Waals surface area contributed by atoms with Gasteiger partial charge in [-0.25, -0.2) is 0 Å². The highest BCUT2D eigenvalue weighted by molar-refractivity contribution is 9.10. The molecule has 0 atom stereocenters. The highest BCUT2D eigenvalue weighted by atomic mass is 79.9. The monoisotopic (exact) mass is 321 g/mol. The number of carbonyl (C=O) groups is 1. The van der Waals surface area contributed by atoms with Crippen LogP contribution in [0.3, 0.4) is 0 Å².